The molecule has 0 aliphatic rings. The van der Waals surface area contributed by atoms with Crippen molar-refractivity contribution in [2.75, 3.05) is 0 Å². The number of hydrogen-bond donors (Lipinski definition) is 1. The number of aromatic nitrogens is 1. The zero-order chi connectivity index (χ0) is 13.1. The predicted molar refractivity (Wildman–Crippen MR) is 73.5 cm³/mol. The molecule has 0 saturated carbocycles. The zero-order valence-electron chi connectivity index (χ0n) is 10.2. The fourth-order valence-electron chi connectivity index (χ4n) is 1.64. The Kier molecular flexibility index (Phi) is 4.32. The first-order valence-electron chi connectivity index (χ1n) is 5.66. The summed E-state index contributed by atoms with van der Waals surface area (Å²) in [6, 6.07) is 4.96. The third kappa shape index (κ3) is 3.28. The van der Waals surface area contributed by atoms with Crippen molar-refractivity contribution in [2.24, 2.45) is 0 Å². The van der Waals surface area contributed by atoms with Gasteiger partial charge in [0.05, 0.1) is 10.0 Å². The van der Waals surface area contributed by atoms with Crippen LogP contribution < -0.4 is 5.32 Å². The molecule has 0 aliphatic carbocycles. The monoisotopic (exact) mass is 284 g/mol. The Labute approximate surface area is 115 Å². The maximum absolute atomic E-state index is 13.3. The van der Waals surface area contributed by atoms with E-state index in [1.807, 2.05) is 26.1 Å². The molecule has 1 aromatic heterocycles. The summed E-state index contributed by atoms with van der Waals surface area (Å²) in [5, 5.41) is 4.55. The molecule has 96 valence electrons. The third-order valence-electron chi connectivity index (χ3n) is 2.70. The Morgan fingerprint density at radius 2 is 2.28 bits per heavy atom. The van der Waals surface area contributed by atoms with Crippen molar-refractivity contribution in [3.8, 4) is 0 Å². The van der Waals surface area contributed by atoms with E-state index in [-0.39, 0.29) is 16.9 Å². The topological polar surface area (TPSA) is 24.9 Å². The largest absolute Gasteiger partial charge is 0.305 e. The van der Waals surface area contributed by atoms with Crippen molar-refractivity contribution in [1.29, 1.82) is 0 Å². The molecule has 0 spiro atoms. The number of thiazole rings is 1. The number of nitrogens with zero attached hydrogens (tertiary/aromatic N) is 1. The lowest BCUT2D eigenvalue weighted by Gasteiger charge is -2.13. The van der Waals surface area contributed by atoms with Crippen LogP contribution in [-0.4, -0.2) is 4.98 Å². The first kappa shape index (κ1) is 13.5. The summed E-state index contributed by atoms with van der Waals surface area (Å²) in [5.41, 5.74) is 0.887. The molecule has 0 fully saturated rings. The second-order valence-electron chi connectivity index (χ2n) is 4.12. The highest BCUT2D eigenvalue weighted by molar-refractivity contribution is 7.11. The minimum absolute atomic E-state index is 0.0687. The molecule has 1 N–H and O–H groups in total. The molecule has 0 bridgehead atoms. The minimum Gasteiger partial charge on any atom is -0.305 e. The molecule has 0 amide bonds. The second kappa shape index (κ2) is 5.78. The van der Waals surface area contributed by atoms with Gasteiger partial charge in [-0.15, -0.1) is 11.3 Å². The average molecular weight is 285 g/mol. The second-order valence-corrected chi connectivity index (χ2v) is 5.85. The molecule has 2 rings (SSSR count). The molecule has 0 aliphatic heterocycles. The zero-order valence-corrected chi connectivity index (χ0v) is 11.8. The molecule has 1 atom stereocenters. The fourth-order valence-corrected chi connectivity index (χ4v) is 2.50. The van der Waals surface area contributed by atoms with Gasteiger partial charge in [0.15, 0.2) is 0 Å². The Bertz CT molecular complexity index is 542. The molecule has 1 heterocycles. The van der Waals surface area contributed by atoms with Gasteiger partial charge in [0, 0.05) is 23.7 Å². The highest BCUT2D eigenvalue weighted by Gasteiger charge is 2.08. The van der Waals surface area contributed by atoms with Gasteiger partial charge in [-0.05, 0) is 31.5 Å². The SMILES string of the molecule is Cc1ncc(CNC(C)c2ccc(Cl)c(F)c2)s1. The highest BCUT2D eigenvalue weighted by atomic mass is 35.5. The molecule has 18 heavy (non-hydrogen) atoms. The van der Waals surface area contributed by atoms with Gasteiger partial charge in [0.25, 0.3) is 0 Å². The van der Waals surface area contributed by atoms with Crippen LogP contribution in [0.3, 0.4) is 0 Å². The van der Waals surface area contributed by atoms with Crippen LogP contribution in [0.15, 0.2) is 24.4 Å². The molecule has 1 unspecified atom stereocenters. The lowest BCUT2D eigenvalue weighted by molar-refractivity contribution is 0.568. The summed E-state index contributed by atoms with van der Waals surface area (Å²) < 4.78 is 13.3. The van der Waals surface area contributed by atoms with E-state index >= 15 is 0 Å². The van der Waals surface area contributed by atoms with Crippen molar-refractivity contribution in [3.05, 3.63) is 50.7 Å². The quantitative estimate of drug-likeness (QED) is 0.914. The van der Waals surface area contributed by atoms with Crippen molar-refractivity contribution in [1.82, 2.24) is 10.3 Å². The molecule has 0 saturated heterocycles. The van der Waals surface area contributed by atoms with Gasteiger partial charge in [0.2, 0.25) is 0 Å². The number of rotatable bonds is 4. The van der Waals surface area contributed by atoms with Gasteiger partial charge in [-0.2, -0.15) is 0 Å². The first-order chi connectivity index (χ1) is 8.56. The van der Waals surface area contributed by atoms with E-state index in [2.05, 4.69) is 10.3 Å². The van der Waals surface area contributed by atoms with E-state index in [1.165, 1.54) is 10.9 Å². The normalized spacial score (nSPS) is 12.7. The number of halogens is 2. The maximum Gasteiger partial charge on any atom is 0.142 e. The molecule has 2 nitrogen and oxygen atoms in total. The van der Waals surface area contributed by atoms with Crippen LogP contribution in [0.2, 0.25) is 5.02 Å². The Morgan fingerprint density at radius 1 is 1.50 bits per heavy atom. The van der Waals surface area contributed by atoms with Crippen molar-refractivity contribution >= 4 is 22.9 Å². The summed E-state index contributed by atoms with van der Waals surface area (Å²) >= 11 is 7.32. The fraction of sp³-hybridized carbons (Fsp3) is 0.308. The van der Waals surface area contributed by atoms with Crippen LogP contribution in [-0.2, 0) is 6.54 Å². The van der Waals surface area contributed by atoms with Crippen molar-refractivity contribution in [3.63, 3.8) is 0 Å². The lowest BCUT2D eigenvalue weighted by atomic mass is 10.1. The summed E-state index contributed by atoms with van der Waals surface area (Å²) in [6.07, 6.45) is 1.86. The van der Waals surface area contributed by atoms with E-state index < -0.39 is 0 Å². The number of hydrogen-bond acceptors (Lipinski definition) is 3. The molecule has 0 radical (unpaired) electrons. The maximum atomic E-state index is 13.3. The van der Waals surface area contributed by atoms with Gasteiger partial charge in [-0.3, -0.25) is 0 Å². The van der Waals surface area contributed by atoms with E-state index in [0.29, 0.717) is 0 Å². The predicted octanol–water partition coefficient (Wildman–Crippen LogP) is 4.09. The van der Waals surface area contributed by atoms with Gasteiger partial charge in [0.1, 0.15) is 5.82 Å². The van der Waals surface area contributed by atoms with E-state index in [9.17, 15) is 4.39 Å². The molecule has 2 aromatic rings. The van der Waals surface area contributed by atoms with Crippen LogP contribution in [0.25, 0.3) is 0 Å². The van der Waals surface area contributed by atoms with Crippen LogP contribution in [0.4, 0.5) is 4.39 Å². The van der Waals surface area contributed by atoms with Gasteiger partial charge in [-0.25, -0.2) is 9.37 Å². The first-order valence-corrected chi connectivity index (χ1v) is 6.85. The van der Waals surface area contributed by atoms with E-state index in [1.54, 1.807) is 17.4 Å². The molecule has 1 aromatic carbocycles. The Hall–Kier alpha value is -0.970. The van der Waals surface area contributed by atoms with Crippen molar-refractivity contribution < 1.29 is 4.39 Å². The Balaban J connectivity index is 1.99. The van der Waals surface area contributed by atoms with Crippen LogP contribution in [0.5, 0.6) is 0 Å². The number of benzene rings is 1. The smallest absolute Gasteiger partial charge is 0.142 e. The van der Waals surface area contributed by atoms with Crippen LogP contribution in [0.1, 0.15) is 28.4 Å². The summed E-state index contributed by atoms with van der Waals surface area (Å²) in [6.45, 7) is 4.71. The third-order valence-corrected chi connectivity index (χ3v) is 3.91. The lowest BCUT2D eigenvalue weighted by Crippen LogP contribution is -2.17. The minimum atomic E-state index is -0.378. The molecule has 5 heteroatoms. The van der Waals surface area contributed by atoms with Gasteiger partial charge < -0.3 is 5.32 Å². The van der Waals surface area contributed by atoms with E-state index in [4.69, 9.17) is 11.6 Å². The van der Waals surface area contributed by atoms with Crippen LogP contribution >= 0.6 is 22.9 Å². The summed E-state index contributed by atoms with van der Waals surface area (Å²) in [5.74, 6) is -0.378. The van der Waals surface area contributed by atoms with Crippen LogP contribution in [0, 0.1) is 12.7 Å². The van der Waals surface area contributed by atoms with Gasteiger partial charge in [-0.1, -0.05) is 17.7 Å². The Morgan fingerprint density at radius 3 is 2.89 bits per heavy atom. The molecular weight excluding hydrogens is 271 g/mol. The van der Waals surface area contributed by atoms with Gasteiger partial charge >= 0.3 is 0 Å². The summed E-state index contributed by atoms with van der Waals surface area (Å²) in [4.78, 5) is 5.37. The standard InChI is InChI=1S/C13H14ClFN2S/c1-8(10-3-4-12(14)13(15)5-10)16-6-11-7-17-9(2)18-11/h3-5,7-8,16H,6H2,1-2H3. The highest BCUT2D eigenvalue weighted by Crippen LogP contribution is 2.21. The average Bonchev–Trinajstić information content (AvgIpc) is 2.75. The molecular formula is C13H14ClFN2S. The summed E-state index contributed by atoms with van der Waals surface area (Å²) in [7, 11) is 0. The van der Waals surface area contributed by atoms with E-state index in [0.717, 1.165) is 17.1 Å². The number of aryl methyl sites for hydroxylation is 1. The number of nitrogens with one attached hydrogen (secondary N) is 1. The van der Waals surface area contributed by atoms with Crippen molar-refractivity contribution in [2.45, 2.75) is 26.4 Å².